The summed E-state index contributed by atoms with van der Waals surface area (Å²) in [7, 11) is 0. The summed E-state index contributed by atoms with van der Waals surface area (Å²) in [4.78, 5) is 5.45. The molecule has 0 aliphatic heterocycles. The summed E-state index contributed by atoms with van der Waals surface area (Å²) in [5.41, 5.74) is 13.6. The fraction of sp³-hybridized carbons (Fsp3) is 0. The molecule has 0 fully saturated rings. The van der Waals surface area contributed by atoms with Gasteiger partial charge in [0.1, 0.15) is 11.2 Å². The van der Waals surface area contributed by atoms with Crippen LogP contribution in [0.2, 0.25) is 0 Å². The molecule has 0 saturated heterocycles. The third-order valence-electron chi connectivity index (χ3n) is 9.82. The molecular weight excluding hydrogens is 609 g/mol. The minimum atomic E-state index is 0.850. The van der Waals surface area contributed by atoms with Crippen molar-refractivity contribution in [2.45, 2.75) is 0 Å². The van der Waals surface area contributed by atoms with E-state index in [1.807, 2.05) is 12.1 Å². The van der Waals surface area contributed by atoms with Gasteiger partial charge in [-0.05, 0) is 70.8 Å². The van der Waals surface area contributed by atoms with Crippen LogP contribution in [-0.2, 0) is 0 Å². The fourth-order valence-corrected chi connectivity index (χ4v) is 7.50. The lowest BCUT2D eigenvalue weighted by atomic mass is 9.96. The van der Waals surface area contributed by atoms with E-state index in [1.54, 1.807) is 0 Å². The Morgan fingerprint density at radius 3 is 1.76 bits per heavy atom. The standard InChI is InChI=1S/C47H30N2O/c1-3-13-31(14-4-1)32-25-27-33(28-26-32)34-29-41(48-42(30-34)39-21-11-19-37-36-17-8-10-24-45(36)50-47(37)39)38-20-12-23-44-46(38)40-18-7-9-22-43(40)49(44)35-15-5-2-6-16-35/h1-30H. The van der Waals surface area contributed by atoms with Gasteiger partial charge in [-0.25, -0.2) is 4.98 Å². The van der Waals surface area contributed by atoms with Crippen LogP contribution in [0.4, 0.5) is 0 Å². The maximum absolute atomic E-state index is 6.53. The molecule has 0 bridgehead atoms. The Morgan fingerprint density at radius 1 is 0.400 bits per heavy atom. The number of aromatic nitrogens is 2. The van der Waals surface area contributed by atoms with Crippen molar-refractivity contribution in [3.05, 3.63) is 182 Å². The smallest absolute Gasteiger partial charge is 0.144 e. The fourth-order valence-electron chi connectivity index (χ4n) is 7.50. The Labute approximate surface area is 289 Å². The highest BCUT2D eigenvalue weighted by Crippen LogP contribution is 2.41. The highest BCUT2D eigenvalue weighted by molar-refractivity contribution is 6.16. The average Bonchev–Trinajstić information content (AvgIpc) is 3.75. The van der Waals surface area contributed by atoms with Crippen molar-refractivity contribution < 1.29 is 4.42 Å². The van der Waals surface area contributed by atoms with Crippen LogP contribution in [-0.4, -0.2) is 9.55 Å². The molecule has 0 aliphatic rings. The van der Waals surface area contributed by atoms with E-state index in [1.165, 1.54) is 27.4 Å². The first-order valence-electron chi connectivity index (χ1n) is 17.0. The summed E-state index contributed by atoms with van der Waals surface area (Å²) in [6, 6.07) is 64.3. The Kier molecular flexibility index (Phi) is 6.49. The molecule has 3 aromatic heterocycles. The maximum atomic E-state index is 6.53. The van der Waals surface area contributed by atoms with E-state index in [9.17, 15) is 0 Å². The lowest BCUT2D eigenvalue weighted by molar-refractivity contribution is 0.670. The summed E-state index contributed by atoms with van der Waals surface area (Å²) in [5.74, 6) is 0. The molecule has 10 rings (SSSR count). The summed E-state index contributed by atoms with van der Waals surface area (Å²) in [5, 5.41) is 4.58. The lowest BCUT2D eigenvalue weighted by Crippen LogP contribution is -1.94. The van der Waals surface area contributed by atoms with Gasteiger partial charge in [-0.2, -0.15) is 0 Å². The number of furan rings is 1. The Balaban J connectivity index is 1.23. The third kappa shape index (κ3) is 4.56. The molecule has 3 nitrogen and oxygen atoms in total. The SMILES string of the molecule is c1ccc(-c2ccc(-c3cc(-c4cccc5c4oc4ccccc45)nc(-c4cccc5c4c4ccccc4n5-c4ccccc4)c3)cc2)cc1. The largest absolute Gasteiger partial charge is 0.455 e. The molecule has 0 N–H and O–H groups in total. The highest BCUT2D eigenvalue weighted by Gasteiger charge is 2.19. The van der Waals surface area contributed by atoms with Crippen LogP contribution in [0.15, 0.2) is 186 Å². The predicted octanol–water partition coefficient (Wildman–Crippen LogP) is 12.7. The van der Waals surface area contributed by atoms with E-state index in [0.29, 0.717) is 0 Å². The molecule has 3 heteroatoms. The summed E-state index contributed by atoms with van der Waals surface area (Å²) >= 11 is 0. The van der Waals surface area contributed by atoms with Crippen molar-refractivity contribution in [3.63, 3.8) is 0 Å². The molecule has 3 heterocycles. The van der Waals surface area contributed by atoms with Crippen LogP contribution in [0.5, 0.6) is 0 Å². The van der Waals surface area contributed by atoms with Gasteiger partial charge in [0.2, 0.25) is 0 Å². The van der Waals surface area contributed by atoms with Crippen molar-refractivity contribution in [3.8, 4) is 50.5 Å². The number of rotatable bonds is 5. The van der Waals surface area contributed by atoms with Gasteiger partial charge in [0, 0.05) is 38.4 Å². The minimum absolute atomic E-state index is 0.850. The number of hydrogen-bond donors (Lipinski definition) is 0. The summed E-state index contributed by atoms with van der Waals surface area (Å²) in [6.07, 6.45) is 0. The number of nitrogens with zero attached hydrogens (tertiary/aromatic N) is 2. The van der Waals surface area contributed by atoms with Crippen LogP contribution >= 0.6 is 0 Å². The summed E-state index contributed by atoms with van der Waals surface area (Å²) in [6.45, 7) is 0. The van der Waals surface area contributed by atoms with Gasteiger partial charge in [-0.15, -0.1) is 0 Å². The first-order valence-corrected chi connectivity index (χ1v) is 17.0. The average molecular weight is 639 g/mol. The molecule has 7 aromatic carbocycles. The number of fused-ring (bicyclic) bond motifs is 6. The van der Waals surface area contributed by atoms with Gasteiger partial charge >= 0.3 is 0 Å². The van der Waals surface area contributed by atoms with Gasteiger partial charge in [0.05, 0.1) is 22.4 Å². The van der Waals surface area contributed by atoms with Crippen LogP contribution in [0.3, 0.4) is 0 Å². The van der Waals surface area contributed by atoms with Gasteiger partial charge in [-0.3, -0.25) is 0 Å². The number of para-hydroxylation sites is 4. The molecule has 0 saturated carbocycles. The predicted molar refractivity (Wildman–Crippen MR) is 208 cm³/mol. The second kappa shape index (κ2) is 11.5. The molecule has 0 spiro atoms. The Morgan fingerprint density at radius 2 is 0.960 bits per heavy atom. The molecule has 50 heavy (non-hydrogen) atoms. The van der Waals surface area contributed by atoms with E-state index in [-0.39, 0.29) is 0 Å². The molecule has 0 amide bonds. The molecule has 0 atom stereocenters. The second-order valence-corrected chi connectivity index (χ2v) is 12.7. The molecule has 0 aliphatic carbocycles. The normalized spacial score (nSPS) is 11.6. The lowest BCUT2D eigenvalue weighted by Gasteiger charge is -2.13. The third-order valence-corrected chi connectivity index (χ3v) is 9.82. The molecule has 0 unspecified atom stereocenters. The maximum Gasteiger partial charge on any atom is 0.144 e. The first-order chi connectivity index (χ1) is 24.8. The van der Waals surface area contributed by atoms with Crippen molar-refractivity contribution in [1.82, 2.24) is 9.55 Å². The van der Waals surface area contributed by atoms with E-state index in [0.717, 1.165) is 66.8 Å². The first kappa shape index (κ1) is 28.3. The Hall–Kier alpha value is -6.71. The van der Waals surface area contributed by atoms with Crippen LogP contribution in [0.1, 0.15) is 0 Å². The zero-order valence-electron chi connectivity index (χ0n) is 27.1. The molecular formula is C47H30N2O. The van der Waals surface area contributed by atoms with E-state index in [2.05, 4.69) is 174 Å². The van der Waals surface area contributed by atoms with Crippen molar-refractivity contribution in [2.24, 2.45) is 0 Å². The van der Waals surface area contributed by atoms with Crippen molar-refractivity contribution >= 4 is 43.7 Å². The van der Waals surface area contributed by atoms with Gasteiger partial charge < -0.3 is 8.98 Å². The number of benzene rings is 7. The zero-order valence-corrected chi connectivity index (χ0v) is 27.1. The van der Waals surface area contributed by atoms with Crippen molar-refractivity contribution in [1.29, 1.82) is 0 Å². The second-order valence-electron chi connectivity index (χ2n) is 12.7. The number of hydrogen-bond acceptors (Lipinski definition) is 2. The number of pyridine rings is 1. The molecule has 10 aromatic rings. The van der Waals surface area contributed by atoms with Crippen LogP contribution in [0, 0.1) is 0 Å². The van der Waals surface area contributed by atoms with Gasteiger partial charge in [0.25, 0.3) is 0 Å². The Bertz CT molecular complexity index is 2850. The summed E-state index contributed by atoms with van der Waals surface area (Å²) < 4.78 is 8.89. The van der Waals surface area contributed by atoms with Crippen LogP contribution < -0.4 is 0 Å². The van der Waals surface area contributed by atoms with Crippen LogP contribution in [0.25, 0.3) is 94.2 Å². The molecule has 0 radical (unpaired) electrons. The van der Waals surface area contributed by atoms with E-state index in [4.69, 9.17) is 9.40 Å². The van der Waals surface area contributed by atoms with Crippen molar-refractivity contribution in [2.75, 3.05) is 0 Å². The topological polar surface area (TPSA) is 31.0 Å². The van der Waals surface area contributed by atoms with E-state index < -0.39 is 0 Å². The van der Waals surface area contributed by atoms with Gasteiger partial charge in [-0.1, -0.05) is 133 Å². The van der Waals surface area contributed by atoms with E-state index >= 15 is 0 Å². The monoisotopic (exact) mass is 638 g/mol. The zero-order chi connectivity index (χ0) is 33.0. The van der Waals surface area contributed by atoms with Gasteiger partial charge in [0.15, 0.2) is 0 Å². The minimum Gasteiger partial charge on any atom is -0.455 e. The quantitative estimate of drug-likeness (QED) is 0.188. The molecule has 234 valence electrons. The highest BCUT2D eigenvalue weighted by atomic mass is 16.3.